The Labute approximate surface area is 180 Å². The Morgan fingerprint density at radius 2 is 1.89 bits per heavy atom. The van der Waals surface area contributed by atoms with E-state index >= 15 is 0 Å². The topological polar surface area (TPSA) is 63.7 Å². The van der Waals surface area contributed by atoms with Gasteiger partial charge in [0.2, 0.25) is 5.91 Å². The number of rotatable bonds is 10. The van der Waals surface area contributed by atoms with E-state index in [0.717, 1.165) is 53.0 Å². The molecule has 28 heavy (non-hydrogen) atoms. The van der Waals surface area contributed by atoms with E-state index in [0.29, 0.717) is 5.69 Å². The molecule has 0 spiro atoms. The molecule has 0 saturated heterocycles. The first-order valence-electron chi connectivity index (χ1n) is 9.56. The predicted octanol–water partition coefficient (Wildman–Crippen LogP) is 5.05. The summed E-state index contributed by atoms with van der Waals surface area (Å²) in [4.78, 5) is 38.8. The van der Waals surface area contributed by atoms with Gasteiger partial charge in [0.1, 0.15) is 6.54 Å². The fourth-order valence-corrected chi connectivity index (χ4v) is 4.24. The van der Waals surface area contributed by atoms with Crippen LogP contribution in [0.15, 0.2) is 16.6 Å². The molecule has 0 N–H and O–H groups in total. The maximum Gasteiger partial charge on any atom is 0.325 e. The molecule has 1 rings (SSSR count). The fourth-order valence-electron chi connectivity index (χ4n) is 2.98. The quantitative estimate of drug-likeness (QED) is 0.446. The molecule has 0 aromatic heterocycles. The molecule has 0 aliphatic carbocycles. The van der Waals surface area contributed by atoms with E-state index in [1.165, 1.54) is 12.0 Å². The van der Waals surface area contributed by atoms with Crippen LogP contribution >= 0.6 is 27.7 Å². The van der Waals surface area contributed by atoms with E-state index in [4.69, 9.17) is 4.74 Å². The molecule has 1 amide bonds. The third-order valence-electron chi connectivity index (χ3n) is 4.72. The van der Waals surface area contributed by atoms with Gasteiger partial charge >= 0.3 is 5.97 Å². The Morgan fingerprint density at radius 3 is 2.46 bits per heavy atom. The average Bonchev–Trinajstić information content (AvgIpc) is 2.68. The highest BCUT2D eigenvalue weighted by Crippen LogP contribution is 2.31. The summed E-state index contributed by atoms with van der Waals surface area (Å²) in [6.07, 6.45) is 3.67. The van der Waals surface area contributed by atoms with Gasteiger partial charge in [0, 0.05) is 10.4 Å². The number of amides is 1. The second kappa shape index (κ2) is 12.3. The number of thioether (sulfide) groups is 1. The predicted molar refractivity (Wildman–Crippen MR) is 119 cm³/mol. The summed E-state index contributed by atoms with van der Waals surface area (Å²) in [5.41, 5.74) is 2.42. The minimum Gasteiger partial charge on any atom is -0.468 e. The van der Waals surface area contributed by atoms with E-state index in [1.807, 2.05) is 32.9 Å². The third kappa shape index (κ3) is 6.92. The lowest BCUT2D eigenvalue weighted by atomic mass is 10.0. The smallest absolute Gasteiger partial charge is 0.325 e. The maximum absolute atomic E-state index is 13.0. The van der Waals surface area contributed by atoms with Crippen molar-refractivity contribution in [1.29, 1.82) is 0 Å². The summed E-state index contributed by atoms with van der Waals surface area (Å²) in [6, 6.07) is 3.80. The van der Waals surface area contributed by atoms with Crippen molar-refractivity contribution in [3.8, 4) is 0 Å². The normalized spacial score (nSPS) is 11.8. The van der Waals surface area contributed by atoms with Crippen molar-refractivity contribution < 1.29 is 19.1 Å². The van der Waals surface area contributed by atoms with Crippen molar-refractivity contribution >= 4 is 50.4 Å². The Morgan fingerprint density at radius 1 is 1.21 bits per heavy atom. The van der Waals surface area contributed by atoms with Gasteiger partial charge in [-0.1, -0.05) is 60.4 Å². The molecule has 0 aliphatic rings. The van der Waals surface area contributed by atoms with E-state index in [2.05, 4.69) is 22.9 Å². The highest BCUT2D eigenvalue weighted by atomic mass is 79.9. The van der Waals surface area contributed by atoms with E-state index < -0.39 is 5.97 Å². The minimum absolute atomic E-state index is 0.00382. The van der Waals surface area contributed by atoms with Crippen molar-refractivity contribution in [3.63, 3.8) is 0 Å². The molecule has 0 heterocycles. The number of hydrogen-bond donors (Lipinski definition) is 0. The molecule has 0 bridgehead atoms. The van der Waals surface area contributed by atoms with Crippen LogP contribution in [0.2, 0.25) is 0 Å². The van der Waals surface area contributed by atoms with Crippen LogP contribution in [-0.4, -0.2) is 36.4 Å². The van der Waals surface area contributed by atoms with Crippen LogP contribution in [-0.2, 0) is 19.1 Å². The number of methoxy groups -OCH3 is 1. The van der Waals surface area contributed by atoms with Crippen LogP contribution in [0.1, 0.15) is 50.7 Å². The van der Waals surface area contributed by atoms with Crippen molar-refractivity contribution in [2.45, 2.75) is 53.4 Å². The number of halogens is 1. The van der Waals surface area contributed by atoms with Crippen LogP contribution in [0, 0.1) is 19.8 Å². The molecule has 1 atom stereocenters. The Bertz CT molecular complexity index is 708. The maximum atomic E-state index is 13.0. The van der Waals surface area contributed by atoms with Gasteiger partial charge in [-0.15, -0.1) is 0 Å². The highest BCUT2D eigenvalue weighted by Gasteiger charge is 2.25. The van der Waals surface area contributed by atoms with Crippen molar-refractivity contribution in [1.82, 2.24) is 0 Å². The van der Waals surface area contributed by atoms with Gasteiger partial charge in [-0.2, -0.15) is 0 Å². The number of ether oxygens (including phenoxy) is 1. The molecule has 0 aliphatic heterocycles. The minimum atomic E-state index is -0.502. The number of unbranched alkanes of at least 4 members (excludes halogenated alkanes) is 1. The molecule has 156 valence electrons. The molecule has 5 nitrogen and oxygen atoms in total. The molecule has 0 fully saturated rings. The SMILES string of the molecule is CCCCC(CC)C(=O)SCC(=O)N(CC(=O)OC)c1c(C)ccc(Br)c1C. The second-order valence-electron chi connectivity index (χ2n) is 6.75. The molecular weight excluding hydrogens is 442 g/mol. The first-order valence-corrected chi connectivity index (χ1v) is 11.3. The fraction of sp³-hybridized carbons (Fsp3) is 0.571. The first kappa shape index (κ1) is 24.7. The average molecular weight is 472 g/mol. The summed E-state index contributed by atoms with van der Waals surface area (Å²) in [6.45, 7) is 7.69. The number of hydrogen-bond acceptors (Lipinski definition) is 5. The van der Waals surface area contributed by atoms with Gasteiger partial charge in [-0.25, -0.2) is 0 Å². The Balaban J connectivity index is 3.00. The molecule has 1 unspecified atom stereocenters. The van der Waals surface area contributed by atoms with Crippen LogP contribution < -0.4 is 4.90 Å². The van der Waals surface area contributed by atoms with E-state index in [-0.39, 0.29) is 29.2 Å². The van der Waals surface area contributed by atoms with Crippen LogP contribution in [0.4, 0.5) is 5.69 Å². The monoisotopic (exact) mass is 471 g/mol. The lowest BCUT2D eigenvalue weighted by molar-refractivity contribution is -0.139. The van der Waals surface area contributed by atoms with Gasteiger partial charge in [0.15, 0.2) is 5.12 Å². The zero-order chi connectivity index (χ0) is 21.3. The van der Waals surface area contributed by atoms with Crippen LogP contribution in [0.25, 0.3) is 0 Å². The summed E-state index contributed by atoms with van der Waals surface area (Å²) in [5.74, 6) is -0.804. The molecular formula is C21H30BrNO4S. The van der Waals surface area contributed by atoms with Gasteiger partial charge < -0.3 is 4.74 Å². The van der Waals surface area contributed by atoms with Crippen LogP contribution in [0.3, 0.4) is 0 Å². The number of nitrogens with zero attached hydrogens (tertiary/aromatic N) is 1. The number of esters is 1. The summed E-state index contributed by atoms with van der Waals surface area (Å²) in [5, 5.41) is 0.0463. The summed E-state index contributed by atoms with van der Waals surface area (Å²) >= 11 is 4.53. The van der Waals surface area contributed by atoms with Crippen molar-refractivity contribution in [2.75, 3.05) is 24.3 Å². The third-order valence-corrected chi connectivity index (χ3v) is 6.59. The molecule has 1 aromatic carbocycles. The van der Waals surface area contributed by atoms with Gasteiger partial charge in [0.05, 0.1) is 18.6 Å². The molecule has 0 radical (unpaired) electrons. The lowest BCUT2D eigenvalue weighted by Crippen LogP contribution is -2.38. The zero-order valence-electron chi connectivity index (χ0n) is 17.3. The number of carbonyl (C=O) groups excluding carboxylic acids is 3. The van der Waals surface area contributed by atoms with Gasteiger partial charge in [0.25, 0.3) is 0 Å². The molecule has 7 heteroatoms. The number of anilines is 1. The summed E-state index contributed by atoms with van der Waals surface area (Å²) < 4.78 is 5.62. The number of aryl methyl sites for hydroxylation is 1. The highest BCUT2D eigenvalue weighted by molar-refractivity contribution is 9.10. The summed E-state index contributed by atoms with van der Waals surface area (Å²) in [7, 11) is 1.30. The first-order chi connectivity index (χ1) is 13.3. The number of carbonyl (C=O) groups is 3. The molecule has 1 aromatic rings. The van der Waals surface area contributed by atoms with Gasteiger partial charge in [-0.05, 0) is 43.9 Å². The standard InChI is InChI=1S/C21H30BrNO4S/c1-6-8-9-16(7-2)21(26)28-13-18(24)23(12-19(25)27-5)20-14(3)10-11-17(22)15(20)4/h10-11,16H,6-9,12-13H2,1-5H3. The second-order valence-corrected chi connectivity index (χ2v) is 8.58. The largest absolute Gasteiger partial charge is 0.468 e. The van der Waals surface area contributed by atoms with Crippen molar-refractivity contribution in [3.05, 3.63) is 27.7 Å². The Hall–Kier alpha value is -1.34. The van der Waals surface area contributed by atoms with E-state index in [9.17, 15) is 14.4 Å². The lowest BCUT2D eigenvalue weighted by Gasteiger charge is -2.26. The number of benzene rings is 1. The van der Waals surface area contributed by atoms with Crippen molar-refractivity contribution in [2.24, 2.45) is 5.92 Å². The Kier molecular flexibility index (Phi) is 10.8. The van der Waals surface area contributed by atoms with Gasteiger partial charge in [-0.3, -0.25) is 19.3 Å². The van der Waals surface area contributed by atoms with Crippen LogP contribution in [0.5, 0.6) is 0 Å². The van der Waals surface area contributed by atoms with E-state index in [1.54, 1.807) is 0 Å². The molecule has 0 saturated carbocycles. The zero-order valence-corrected chi connectivity index (χ0v) is 19.7.